The lowest BCUT2D eigenvalue weighted by Crippen LogP contribution is -2.16. The molecule has 0 saturated heterocycles. The number of hydrogen-bond donors (Lipinski definition) is 3. The van der Waals surface area contributed by atoms with Crippen LogP contribution >= 0.6 is 0 Å². The second-order valence-electron chi connectivity index (χ2n) is 4.05. The lowest BCUT2D eigenvalue weighted by molar-refractivity contribution is 0.0906. The van der Waals surface area contributed by atoms with Crippen LogP contribution in [0.15, 0.2) is 6.33 Å². The summed E-state index contributed by atoms with van der Waals surface area (Å²) < 4.78 is 1.53. The van der Waals surface area contributed by atoms with Gasteiger partial charge in [-0.15, -0.1) is 5.10 Å². The number of rotatable bonds is 3. The second-order valence-corrected chi connectivity index (χ2v) is 4.05. The summed E-state index contributed by atoms with van der Waals surface area (Å²) in [7, 11) is 0. The Labute approximate surface area is 91.9 Å². The average molecular weight is 226 g/mol. The van der Waals surface area contributed by atoms with Crippen molar-refractivity contribution in [3.05, 3.63) is 12.2 Å². The van der Waals surface area contributed by atoms with Gasteiger partial charge in [0.05, 0.1) is 12.1 Å². The topological polar surface area (TPSA) is 114 Å². The van der Waals surface area contributed by atoms with E-state index in [0.717, 1.165) is 0 Å². The van der Waals surface area contributed by atoms with Gasteiger partial charge in [0.2, 0.25) is 5.82 Å². The number of aromatic nitrogens is 3. The van der Waals surface area contributed by atoms with Gasteiger partial charge < -0.3 is 15.9 Å². The van der Waals surface area contributed by atoms with Crippen molar-refractivity contribution in [1.29, 1.82) is 0 Å². The number of nitrogens with two attached hydrogens (primary N) is 1. The number of nitrogens with zero attached hydrogens (tertiary/aromatic N) is 3. The molecule has 0 radical (unpaired) electrons. The minimum Gasteiger partial charge on any atom is -0.396 e. The number of hydrogen-bond acceptors (Lipinski definition) is 5. The van der Waals surface area contributed by atoms with Crippen LogP contribution in [0.4, 0.5) is 0 Å². The number of primary amides is 1. The van der Waals surface area contributed by atoms with E-state index < -0.39 is 12.0 Å². The van der Waals surface area contributed by atoms with Crippen LogP contribution < -0.4 is 5.73 Å². The van der Waals surface area contributed by atoms with Crippen molar-refractivity contribution in [2.45, 2.75) is 25.0 Å². The summed E-state index contributed by atoms with van der Waals surface area (Å²) in [4.78, 5) is 14.6. The number of carbonyl (C=O) groups excluding carboxylic acids is 1. The van der Waals surface area contributed by atoms with Crippen molar-refractivity contribution in [2.24, 2.45) is 11.7 Å². The van der Waals surface area contributed by atoms with Crippen LogP contribution in [0.25, 0.3) is 0 Å². The third kappa shape index (κ3) is 1.91. The van der Waals surface area contributed by atoms with Crippen LogP contribution in [0.2, 0.25) is 0 Å². The Hall–Kier alpha value is -1.47. The maximum absolute atomic E-state index is 10.8. The molecular weight excluding hydrogens is 212 g/mol. The first-order valence-corrected chi connectivity index (χ1v) is 5.11. The van der Waals surface area contributed by atoms with Gasteiger partial charge in [0, 0.05) is 12.5 Å². The van der Waals surface area contributed by atoms with Gasteiger partial charge in [-0.1, -0.05) is 0 Å². The first-order chi connectivity index (χ1) is 7.61. The predicted molar refractivity (Wildman–Crippen MR) is 53.4 cm³/mol. The lowest BCUT2D eigenvalue weighted by atomic mass is 10.1. The molecule has 1 amide bonds. The van der Waals surface area contributed by atoms with Crippen molar-refractivity contribution in [3.63, 3.8) is 0 Å². The highest BCUT2D eigenvalue weighted by molar-refractivity contribution is 5.88. The number of amides is 1. The third-order valence-electron chi connectivity index (χ3n) is 2.97. The average Bonchev–Trinajstić information content (AvgIpc) is 2.83. The summed E-state index contributed by atoms with van der Waals surface area (Å²) in [6, 6.07) is -0.0345. The van der Waals surface area contributed by atoms with Gasteiger partial charge in [-0.2, -0.15) is 0 Å². The molecule has 88 valence electrons. The second kappa shape index (κ2) is 4.18. The van der Waals surface area contributed by atoms with Gasteiger partial charge in [-0.05, 0) is 12.8 Å². The molecule has 1 saturated carbocycles. The molecule has 0 bridgehead atoms. The zero-order chi connectivity index (χ0) is 11.7. The molecule has 0 aromatic carbocycles. The van der Waals surface area contributed by atoms with Gasteiger partial charge in [0.25, 0.3) is 5.91 Å². The number of carbonyl (C=O) groups is 1. The molecule has 1 aromatic heterocycles. The van der Waals surface area contributed by atoms with E-state index in [0.29, 0.717) is 12.8 Å². The van der Waals surface area contributed by atoms with Crippen molar-refractivity contribution in [1.82, 2.24) is 14.8 Å². The fourth-order valence-electron chi connectivity index (χ4n) is 2.05. The van der Waals surface area contributed by atoms with Crippen LogP contribution in [0.1, 0.15) is 29.5 Å². The van der Waals surface area contributed by atoms with Crippen LogP contribution in [0, 0.1) is 5.92 Å². The fourth-order valence-corrected chi connectivity index (χ4v) is 2.05. The smallest absolute Gasteiger partial charge is 0.288 e. The Kier molecular flexibility index (Phi) is 2.88. The van der Waals surface area contributed by atoms with Gasteiger partial charge in [-0.25, -0.2) is 9.67 Å². The van der Waals surface area contributed by atoms with Crippen molar-refractivity contribution in [3.8, 4) is 0 Å². The molecule has 1 fully saturated rings. The quantitative estimate of drug-likeness (QED) is 0.591. The van der Waals surface area contributed by atoms with E-state index in [2.05, 4.69) is 10.1 Å². The highest BCUT2D eigenvalue weighted by atomic mass is 16.3. The molecule has 1 heterocycles. The monoisotopic (exact) mass is 226 g/mol. The van der Waals surface area contributed by atoms with Gasteiger partial charge in [0.15, 0.2) is 0 Å². The van der Waals surface area contributed by atoms with Gasteiger partial charge in [0.1, 0.15) is 6.33 Å². The van der Waals surface area contributed by atoms with E-state index >= 15 is 0 Å². The molecule has 7 heteroatoms. The van der Waals surface area contributed by atoms with E-state index in [4.69, 9.17) is 10.8 Å². The maximum atomic E-state index is 10.8. The van der Waals surface area contributed by atoms with Gasteiger partial charge in [-0.3, -0.25) is 4.79 Å². The van der Waals surface area contributed by atoms with Gasteiger partial charge >= 0.3 is 0 Å². The van der Waals surface area contributed by atoms with E-state index in [-0.39, 0.29) is 24.4 Å². The normalized spacial score (nSPS) is 29.5. The van der Waals surface area contributed by atoms with E-state index in [1.165, 1.54) is 11.0 Å². The molecule has 2 rings (SSSR count). The number of aliphatic hydroxyl groups excluding tert-OH is 2. The highest BCUT2D eigenvalue weighted by Crippen LogP contribution is 2.33. The summed E-state index contributed by atoms with van der Waals surface area (Å²) >= 11 is 0. The summed E-state index contributed by atoms with van der Waals surface area (Å²) in [5, 5.41) is 22.6. The third-order valence-corrected chi connectivity index (χ3v) is 2.97. The van der Waals surface area contributed by atoms with E-state index in [1.54, 1.807) is 0 Å². The first kappa shape index (κ1) is 11.0. The summed E-state index contributed by atoms with van der Waals surface area (Å²) in [6.45, 7) is -0.0466. The molecule has 0 aliphatic heterocycles. The minimum absolute atomic E-state index is 0.0260. The zero-order valence-corrected chi connectivity index (χ0v) is 8.65. The maximum Gasteiger partial charge on any atom is 0.288 e. The van der Waals surface area contributed by atoms with E-state index in [1.807, 2.05) is 0 Å². The molecule has 1 aliphatic rings. The largest absolute Gasteiger partial charge is 0.396 e. The zero-order valence-electron chi connectivity index (χ0n) is 8.65. The molecule has 4 N–H and O–H groups in total. The van der Waals surface area contributed by atoms with Crippen molar-refractivity contribution >= 4 is 5.91 Å². The van der Waals surface area contributed by atoms with Crippen molar-refractivity contribution < 1.29 is 15.0 Å². The Morgan fingerprint density at radius 1 is 1.62 bits per heavy atom. The summed E-state index contributed by atoms with van der Waals surface area (Å²) in [5.74, 6) is -0.829. The Morgan fingerprint density at radius 2 is 2.38 bits per heavy atom. The fraction of sp³-hybridized carbons (Fsp3) is 0.667. The van der Waals surface area contributed by atoms with Crippen LogP contribution in [0.5, 0.6) is 0 Å². The molecule has 1 aromatic rings. The molecular formula is C9H14N4O3. The molecule has 1 aliphatic carbocycles. The Morgan fingerprint density at radius 3 is 2.88 bits per heavy atom. The summed E-state index contributed by atoms with van der Waals surface area (Å²) in [6.07, 6.45) is 2.03. The van der Waals surface area contributed by atoms with Crippen LogP contribution in [0.3, 0.4) is 0 Å². The molecule has 0 spiro atoms. The number of aliphatic hydroxyl groups is 2. The molecule has 3 atom stereocenters. The Balaban J connectivity index is 2.11. The minimum atomic E-state index is -0.670. The summed E-state index contributed by atoms with van der Waals surface area (Å²) in [5.41, 5.74) is 5.04. The molecule has 16 heavy (non-hydrogen) atoms. The van der Waals surface area contributed by atoms with Crippen LogP contribution in [-0.4, -0.2) is 43.6 Å². The predicted octanol–water partition coefficient (Wildman–Crippen LogP) is -1.32. The van der Waals surface area contributed by atoms with Crippen molar-refractivity contribution in [2.75, 3.05) is 6.61 Å². The molecule has 3 unspecified atom stereocenters. The standard InChI is InChI=1S/C9H14N4O3/c10-8(16)9-11-4-13(12-9)6-1-5(3-14)7(15)2-6/h4-7,14-15H,1-3H2,(H2,10,16). The lowest BCUT2D eigenvalue weighted by Gasteiger charge is -2.08. The van der Waals surface area contributed by atoms with Crippen LogP contribution in [-0.2, 0) is 0 Å². The molecule has 7 nitrogen and oxygen atoms in total. The van der Waals surface area contributed by atoms with E-state index in [9.17, 15) is 9.90 Å². The SMILES string of the molecule is NC(=O)c1ncn(C2CC(O)C(CO)C2)n1. The Bertz CT molecular complexity index is 392. The highest BCUT2D eigenvalue weighted by Gasteiger charge is 2.34. The first-order valence-electron chi connectivity index (χ1n) is 5.11.